The topological polar surface area (TPSA) is 9.23 Å². The fraction of sp³-hybridized carbons (Fsp3) is 0.0455. The van der Waals surface area contributed by atoms with Crippen LogP contribution in [-0.2, 0) is 15.6 Å². The van der Waals surface area contributed by atoms with E-state index >= 15 is 0 Å². The van der Waals surface area contributed by atoms with Gasteiger partial charge in [0, 0.05) is 16.2 Å². The molecule has 0 fully saturated rings. The van der Waals surface area contributed by atoms with Crippen LogP contribution >= 0.6 is 11.6 Å². The Morgan fingerprint density at radius 2 is 0.978 bits per heavy atom. The predicted octanol–water partition coefficient (Wildman–Crippen LogP) is 10.8. The lowest BCUT2D eigenvalue weighted by molar-refractivity contribution is 0.304. The van der Waals surface area contributed by atoms with Crippen LogP contribution in [0.1, 0.15) is 44.5 Å². The molecular formula is C44H29ClO. The normalized spacial score (nSPS) is 19.6. The summed E-state index contributed by atoms with van der Waals surface area (Å²) in [6.07, 6.45) is 11.7. The Bertz CT molecular complexity index is 2200. The summed E-state index contributed by atoms with van der Waals surface area (Å²) in [5.41, 5.74) is 13.4. The van der Waals surface area contributed by atoms with Crippen LogP contribution in [0.15, 0.2) is 182 Å². The Hall–Kier alpha value is -5.37. The number of hydrogen-bond acceptors (Lipinski definition) is 1. The standard InChI is InChI=1S/C44H29ClO/c1-28-14-11-12-27-46-42-32(26-25-29(28)2)41-39(23-13-24-40(41)45)44(42)37-21-9-7-19-35(37)43(36-20-8-10-22-38(36)44)33-17-5-3-15-30(33)31-16-4-6-18-34(31)43/h3-27H,1-2H2/b14-11-,26-25-,27-12-. The van der Waals surface area contributed by atoms with E-state index in [0.717, 1.165) is 33.6 Å². The van der Waals surface area contributed by atoms with Gasteiger partial charge in [-0.05, 0) is 73.4 Å². The van der Waals surface area contributed by atoms with Crippen molar-refractivity contribution in [2.75, 3.05) is 0 Å². The van der Waals surface area contributed by atoms with E-state index in [1.54, 1.807) is 6.26 Å². The van der Waals surface area contributed by atoms with Crippen molar-refractivity contribution in [3.8, 4) is 11.1 Å². The molecule has 0 radical (unpaired) electrons. The maximum Gasteiger partial charge on any atom is 0.130 e. The zero-order chi connectivity index (χ0) is 31.0. The summed E-state index contributed by atoms with van der Waals surface area (Å²) in [4.78, 5) is 0. The molecule has 1 heterocycles. The number of allylic oxidation sites excluding steroid dienone is 9. The summed E-state index contributed by atoms with van der Waals surface area (Å²) < 4.78 is 6.88. The summed E-state index contributed by atoms with van der Waals surface area (Å²) in [5.74, 6) is 0.825. The van der Waals surface area contributed by atoms with Crippen LogP contribution < -0.4 is 0 Å². The highest BCUT2D eigenvalue weighted by Crippen LogP contribution is 2.67. The van der Waals surface area contributed by atoms with E-state index in [1.807, 2.05) is 30.4 Å². The van der Waals surface area contributed by atoms with Gasteiger partial charge in [-0.1, -0.05) is 158 Å². The highest BCUT2D eigenvalue weighted by atomic mass is 35.5. The van der Waals surface area contributed by atoms with Gasteiger partial charge in [-0.15, -0.1) is 0 Å². The lowest BCUT2D eigenvalue weighted by Gasteiger charge is -2.48. The summed E-state index contributed by atoms with van der Waals surface area (Å²) in [6, 6.07) is 41.9. The Morgan fingerprint density at radius 1 is 0.478 bits per heavy atom. The second-order valence-electron chi connectivity index (χ2n) is 12.3. The van der Waals surface area contributed by atoms with E-state index in [9.17, 15) is 0 Å². The highest BCUT2D eigenvalue weighted by Gasteiger charge is 2.60. The van der Waals surface area contributed by atoms with Crippen molar-refractivity contribution in [2.45, 2.75) is 10.8 Å². The molecule has 5 aromatic rings. The Labute approximate surface area is 274 Å². The molecule has 46 heavy (non-hydrogen) atoms. The van der Waals surface area contributed by atoms with Crippen molar-refractivity contribution >= 4 is 17.2 Å². The minimum absolute atomic E-state index is 0.512. The summed E-state index contributed by atoms with van der Waals surface area (Å²) in [5, 5.41) is 0.684. The Kier molecular flexibility index (Phi) is 5.76. The smallest absolute Gasteiger partial charge is 0.130 e. The number of ether oxygens (including phenoxy) is 1. The van der Waals surface area contributed by atoms with E-state index in [4.69, 9.17) is 16.3 Å². The second kappa shape index (κ2) is 9.81. The first-order chi connectivity index (χ1) is 22.6. The minimum atomic E-state index is -0.773. The third-order valence-corrected chi connectivity index (χ3v) is 10.5. The molecule has 3 aliphatic carbocycles. The van der Waals surface area contributed by atoms with Crippen LogP contribution in [0, 0.1) is 0 Å². The summed E-state index contributed by atoms with van der Waals surface area (Å²) >= 11 is 7.17. The number of rotatable bonds is 0. The van der Waals surface area contributed by atoms with Gasteiger partial charge in [0.15, 0.2) is 0 Å². The molecular weight excluding hydrogens is 580 g/mol. The van der Waals surface area contributed by atoms with Crippen molar-refractivity contribution in [3.05, 3.63) is 231 Å². The molecule has 2 heteroatoms. The van der Waals surface area contributed by atoms with Gasteiger partial charge in [-0.3, -0.25) is 0 Å². The quantitative estimate of drug-likeness (QED) is 0.167. The van der Waals surface area contributed by atoms with Crippen LogP contribution in [0.4, 0.5) is 0 Å². The van der Waals surface area contributed by atoms with Crippen molar-refractivity contribution in [2.24, 2.45) is 0 Å². The molecule has 9 rings (SSSR count). The molecule has 0 bridgehead atoms. The van der Waals surface area contributed by atoms with Gasteiger partial charge in [0.25, 0.3) is 0 Å². The lowest BCUT2D eigenvalue weighted by atomic mass is 9.53. The SMILES string of the molecule is C=C1/C=C\C=C/OC2=C(/C=C\C1=C)c1c(Cl)cccc1C21c2ccccc2C2(c3ccccc3-c3ccccc32)c2ccccc21. The number of halogens is 1. The fourth-order valence-electron chi connectivity index (χ4n) is 8.50. The van der Waals surface area contributed by atoms with Crippen LogP contribution in [0.25, 0.3) is 16.7 Å². The van der Waals surface area contributed by atoms with Gasteiger partial charge in [0.05, 0.1) is 11.7 Å². The molecule has 0 amide bonds. The number of benzene rings is 5. The number of fused-ring (bicyclic) bond motifs is 15. The average molecular weight is 609 g/mol. The molecule has 2 spiro atoms. The third kappa shape index (κ3) is 3.26. The van der Waals surface area contributed by atoms with E-state index < -0.39 is 10.8 Å². The first-order valence-electron chi connectivity index (χ1n) is 15.6. The predicted molar refractivity (Wildman–Crippen MR) is 189 cm³/mol. The van der Waals surface area contributed by atoms with Gasteiger partial charge in [0.2, 0.25) is 0 Å². The van der Waals surface area contributed by atoms with E-state index in [0.29, 0.717) is 5.02 Å². The molecule has 1 nitrogen and oxygen atoms in total. The second-order valence-corrected chi connectivity index (χ2v) is 12.7. The monoisotopic (exact) mass is 608 g/mol. The van der Waals surface area contributed by atoms with Crippen molar-refractivity contribution in [3.63, 3.8) is 0 Å². The molecule has 1 aliphatic heterocycles. The molecule has 5 aromatic carbocycles. The Balaban J connectivity index is 1.47. The van der Waals surface area contributed by atoms with Crippen LogP contribution in [-0.4, -0.2) is 0 Å². The average Bonchev–Trinajstić information content (AvgIpc) is 3.54. The number of hydrogen-bond donors (Lipinski definition) is 0. The van der Waals surface area contributed by atoms with Crippen molar-refractivity contribution in [1.29, 1.82) is 0 Å². The molecule has 0 aromatic heterocycles. The van der Waals surface area contributed by atoms with Crippen LogP contribution in [0.3, 0.4) is 0 Å². The summed E-state index contributed by atoms with van der Waals surface area (Å²) in [7, 11) is 0. The molecule has 0 saturated heterocycles. The van der Waals surface area contributed by atoms with E-state index in [1.165, 1.54) is 44.5 Å². The van der Waals surface area contributed by atoms with E-state index in [2.05, 4.69) is 128 Å². The summed E-state index contributed by atoms with van der Waals surface area (Å²) in [6.45, 7) is 8.51. The molecule has 218 valence electrons. The van der Waals surface area contributed by atoms with E-state index in [-0.39, 0.29) is 0 Å². The molecule has 0 unspecified atom stereocenters. The first-order valence-corrected chi connectivity index (χ1v) is 16.0. The van der Waals surface area contributed by atoms with Gasteiger partial charge in [0.1, 0.15) is 11.2 Å². The zero-order valence-corrected chi connectivity index (χ0v) is 25.9. The van der Waals surface area contributed by atoms with Gasteiger partial charge < -0.3 is 4.74 Å². The fourth-order valence-corrected chi connectivity index (χ4v) is 8.77. The lowest BCUT2D eigenvalue weighted by Crippen LogP contribution is -2.44. The maximum atomic E-state index is 7.17. The largest absolute Gasteiger partial charge is 0.467 e. The first kappa shape index (κ1) is 27.0. The molecule has 4 aliphatic rings. The maximum absolute atomic E-state index is 7.17. The van der Waals surface area contributed by atoms with Gasteiger partial charge in [-0.2, -0.15) is 0 Å². The molecule has 0 N–H and O–H groups in total. The van der Waals surface area contributed by atoms with Gasteiger partial charge in [-0.25, -0.2) is 0 Å². The molecule has 0 atom stereocenters. The highest BCUT2D eigenvalue weighted by molar-refractivity contribution is 6.33. The van der Waals surface area contributed by atoms with Crippen LogP contribution in [0.5, 0.6) is 0 Å². The molecule has 0 saturated carbocycles. The van der Waals surface area contributed by atoms with Crippen molar-refractivity contribution in [1.82, 2.24) is 0 Å². The Morgan fingerprint density at radius 3 is 1.59 bits per heavy atom. The van der Waals surface area contributed by atoms with Crippen LogP contribution in [0.2, 0.25) is 5.02 Å². The minimum Gasteiger partial charge on any atom is -0.467 e. The van der Waals surface area contributed by atoms with Crippen molar-refractivity contribution < 1.29 is 4.74 Å². The third-order valence-electron chi connectivity index (χ3n) is 10.2. The zero-order valence-electron chi connectivity index (χ0n) is 25.1. The van der Waals surface area contributed by atoms with Gasteiger partial charge >= 0.3 is 0 Å².